The summed E-state index contributed by atoms with van der Waals surface area (Å²) in [5.74, 6) is 0.335. The van der Waals surface area contributed by atoms with E-state index >= 15 is 0 Å². The highest BCUT2D eigenvalue weighted by Gasteiger charge is 2.38. The molecule has 1 fully saturated rings. The van der Waals surface area contributed by atoms with Crippen LogP contribution in [-0.4, -0.2) is 52.8 Å². The Balaban J connectivity index is 1.78. The van der Waals surface area contributed by atoms with Gasteiger partial charge in [-0.3, -0.25) is 15.0 Å². The molecule has 3 heterocycles. The smallest absolute Gasteiger partial charge is 0.411 e. The van der Waals surface area contributed by atoms with Crippen LogP contribution in [0, 0.1) is 4.77 Å². The largest absolute Gasteiger partial charge is 0.467 e. The zero-order valence-electron chi connectivity index (χ0n) is 15.3. The first-order valence-corrected chi connectivity index (χ1v) is 9.21. The molecule has 14 heteroatoms. The highest BCUT2D eigenvalue weighted by molar-refractivity contribution is 7.71. The van der Waals surface area contributed by atoms with Gasteiger partial charge in [0.1, 0.15) is 37.3 Å². The van der Waals surface area contributed by atoms with Crippen molar-refractivity contribution in [1.29, 1.82) is 0 Å². The summed E-state index contributed by atoms with van der Waals surface area (Å²) in [6.07, 6.45) is -10.0. The summed E-state index contributed by atoms with van der Waals surface area (Å²) in [4.78, 5) is 0. The summed E-state index contributed by atoms with van der Waals surface area (Å²) >= 11 is 5.20. The number of nitrogens with one attached hydrogen (secondary N) is 2. The van der Waals surface area contributed by atoms with Gasteiger partial charge < -0.3 is 13.9 Å². The lowest BCUT2D eigenvalue weighted by Crippen LogP contribution is -2.49. The van der Waals surface area contributed by atoms with Crippen molar-refractivity contribution in [3.63, 3.8) is 0 Å². The third-order valence-corrected chi connectivity index (χ3v) is 4.62. The maximum atomic E-state index is 12.5. The van der Waals surface area contributed by atoms with E-state index in [4.69, 9.17) is 26.1 Å². The molecular formula is C16H18F6N4O3S. The van der Waals surface area contributed by atoms with Crippen molar-refractivity contribution in [1.82, 2.24) is 20.1 Å². The van der Waals surface area contributed by atoms with Gasteiger partial charge in [-0.15, -0.1) is 0 Å². The highest BCUT2D eigenvalue weighted by Crippen LogP contribution is 2.32. The van der Waals surface area contributed by atoms with Gasteiger partial charge in [0.15, 0.2) is 4.77 Å². The second kappa shape index (κ2) is 9.08. The Morgan fingerprint density at radius 1 is 1.10 bits per heavy atom. The molecule has 0 aromatic carbocycles. The van der Waals surface area contributed by atoms with Crippen molar-refractivity contribution in [2.45, 2.75) is 50.1 Å². The van der Waals surface area contributed by atoms with Crippen LogP contribution in [-0.2, 0) is 16.0 Å². The highest BCUT2D eigenvalue weighted by atomic mass is 32.1. The molecule has 2 unspecified atom stereocenters. The van der Waals surface area contributed by atoms with Gasteiger partial charge in [0, 0.05) is 5.92 Å². The van der Waals surface area contributed by atoms with Crippen molar-refractivity contribution in [2.24, 2.45) is 0 Å². The Labute approximate surface area is 171 Å². The molecule has 30 heavy (non-hydrogen) atoms. The molecule has 2 aromatic heterocycles. The fraction of sp³-hybridized carbons (Fsp3) is 0.625. The van der Waals surface area contributed by atoms with E-state index in [9.17, 15) is 26.3 Å². The number of furan rings is 1. The molecule has 1 aliphatic heterocycles. The lowest BCUT2D eigenvalue weighted by Gasteiger charge is -2.35. The standard InChI is InChI=1S/C16H18F6N4O3S/c17-15(18,19)7-28-11-4-9(5-12(23-11)29-8-16(20,21)22)13-24-25-14(30)26(13)6-10-2-1-3-27-10/h1-3,9,11-12,23H,4-8H2,(H,25,30). The van der Waals surface area contributed by atoms with Crippen molar-refractivity contribution < 1.29 is 40.2 Å². The molecule has 0 radical (unpaired) electrons. The van der Waals surface area contributed by atoms with Gasteiger partial charge in [0.25, 0.3) is 0 Å². The molecule has 3 rings (SSSR count). The molecule has 0 spiro atoms. The molecule has 168 valence electrons. The number of alkyl halides is 6. The van der Waals surface area contributed by atoms with Gasteiger partial charge >= 0.3 is 12.4 Å². The van der Waals surface area contributed by atoms with E-state index in [0.29, 0.717) is 11.6 Å². The lowest BCUT2D eigenvalue weighted by atomic mass is 9.94. The van der Waals surface area contributed by atoms with E-state index in [1.54, 1.807) is 16.7 Å². The number of H-pyrrole nitrogens is 1. The normalized spacial score (nSPS) is 23.1. The van der Waals surface area contributed by atoms with Crippen molar-refractivity contribution in [2.75, 3.05) is 13.2 Å². The Morgan fingerprint density at radius 2 is 1.70 bits per heavy atom. The van der Waals surface area contributed by atoms with E-state index in [0.717, 1.165) is 0 Å². The maximum Gasteiger partial charge on any atom is 0.411 e. The zero-order valence-corrected chi connectivity index (χ0v) is 16.1. The van der Waals surface area contributed by atoms with Crippen molar-refractivity contribution in [3.8, 4) is 0 Å². The van der Waals surface area contributed by atoms with E-state index in [1.807, 2.05) is 0 Å². The lowest BCUT2D eigenvalue weighted by molar-refractivity contribution is -0.214. The first-order chi connectivity index (χ1) is 14.0. The van der Waals surface area contributed by atoms with Crippen LogP contribution in [0.1, 0.15) is 30.3 Å². The molecule has 2 aromatic rings. The molecule has 2 N–H and O–H groups in total. The molecule has 1 aliphatic rings. The minimum Gasteiger partial charge on any atom is -0.467 e. The fourth-order valence-corrected chi connectivity index (χ4v) is 3.35. The predicted octanol–water partition coefficient (Wildman–Crippen LogP) is 3.86. The van der Waals surface area contributed by atoms with Gasteiger partial charge in [0.2, 0.25) is 0 Å². The van der Waals surface area contributed by atoms with Crippen LogP contribution in [0.25, 0.3) is 0 Å². The minimum absolute atomic E-state index is 0.0275. The van der Waals surface area contributed by atoms with Crippen LogP contribution in [0.3, 0.4) is 0 Å². The molecule has 1 saturated heterocycles. The average molecular weight is 460 g/mol. The second-order valence-corrected chi connectivity index (χ2v) is 7.10. The number of halogens is 6. The Kier molecular flexibility index (Phi) is 6.89. The van der Waals surface area contributed by atoms with Gasteiger partial charge in [-0.1, -0.05) is 0 Å². The Hall–Kier alpha value is -1.90. The van der Waals surface area contributed by atoms with Crippen molar-refractivity contribution in [3.05, 3.63) is 34.8 Å². The maximum absolute atomic E-state index is 12.5. The summed E-state index contributed by atoms with van der Waals surface area (Å²) in [6, 6.07) is 3.37. The monoisotopic (exact) mass is 460 g/mol. The second-order valence-electron chi connectivity index (χ2n) is 6.72. The molecule has 0 bridgehead atoms. The topological polar surface area (TPSA) is 77.2 Å². The summed E-state index contributed by atoms with van der Waals surface area (Å²) in [7, 11) is 0. The number of aromatic nitrogens is 3. The SMILES string of the molecule is FC(F)(F)COC1CC(c2n[nH]c(=S)n2Cc2ccco2)CC(OCC(F)(F)F)N1. The number of rotatable bonds is 7. The third-order valence-electron chi connectivity index (χ3n) is 4.31. The van der Waals surface area contributed by atoms with Gasteiger partial charge in [-0.05, 0) is 37.2 Å². The van der Waals surface area contributed by atoms with Crippen LogP contribution in [0.15, 0.2) is 22.8 Å². The number of hydrogen-bond acceptors (Lipinski definition) is 6. The molecule has 0 aliphatic carbocycles. The predicted molar refractivity (Wildman–Crippen MR) is 91.9 cm³/mol. The molecular weight excluding hydrogens is 442 g/mol. The van der Waals surface area contributed by atoms with E-state index < -0.39 is 43.9 Å². The first kappa shape index (κ1) is 22.8. The summed E-state index contributed by atoms with van der Waals surface area (Å²) < 4.78 is 91.9. The van der Waals surface area contributed by atoms with Gasteiger partial charge in [-0.2, -0.15) is 31.4 Å². The van der Waals surface area contributed by atoms with Crippen LogP contribution < -0.4 is 5.32 Å². The summed E-state index contributed by atoms with van der Waals surface area (Å²) in [6.45, 7) is -2.91. The van der Waals surface area contributed by atoms with E-state index in [-0.39, 0.29) is 24.2 Å². The van der Waals surface area contributed by atoms with Gasteiger partial charge in [0.05, 0.1) is 12.8 Å². The molecule has 0 amide bonds. The van der Waals surface area contributed by atoms with Crippen molar-refractivity contribution >= 4 is 12.2 Å². The molecule has 2 atom stereocenters. The number of nitrogens with zero attached hydrogens (tertiary/aromatic N) is 2. The van der Waals surface area contributed by atoms with Crippen LogP contribution in [0.5, 0.6) is 0 Å². The van der Waals surface area contributed by atoms with Crippen LogP contribution in [0.4, 0.5) is 26.3 Å². The molecule has 0 saturated carbocycles. The van der Waals surface area contributed by atoms with E-state index in [2.05, 4.69) is 15.5 Å². The van der Waals surface area contributed by atoms with Crippen LogP contribution >= 0.6 is 12.2 Å². The summed E-state index contributed by atoms with van der Waals surface area (Å²) in [5.41, 5.74) is 0. The number of piperidine rings is 1. The zero-order chi connectivity index (χ0) is 21.9. The number of aromatic amines is 1. The van der Waals surface area contributed by atoms with Crippen LogP contribution in [0.2, 0.25) is 0 Å². The first-order valence-electron chi connectivity index (χ1n) is 8.80. The quantitative estimate of drug-likeness (QED) is 0.483. The van der Waals surface area contributed by atoms with E-state index in [1.165, 1.54) is 6.26 Å². The molecule has 7 nitrogen and oxygen atoms in total. The average Bonchev–Trinajstić information content (AvgIpc) is 3.28. The van der Waals surface area contributed by atoms with Gasteiger partial charge in [-0.25, -0.2) is 0 Å². The fourth-order valence-electron chi connectivity index (χ4n) is 3.14. The third kappa shape index (κ3) is 6.55. The summed E-state index contributed by atoms with van der Waals surface area (Å²) in [5, 5.41) is 9.26. The number of hydrogen-bond donors (Lipinski definition) is 2. The minimum atomic E-state index is -4.59. The Bertz CT molecular complexity index is 838. The number of ether oxygens (including phenoxy) is 2. The Morgan fingerprint density at radius 3 is 2.20 bits per heavy atom.